The van der Waals surface area contributed by atoms with Gasteiger partial charge in [0.15, 0.2) is 5.75 Å². The van der Waals surface area contributed by atoms with Gasteiger partial charge < -0.3 is 15.8 Å². The van der Waals surface area contributed by atoms with Crippen molar-refractivity contribution in [3.63, 3.8) is 0 Å². The first-order chi connectivity index (χ1) is 10.1. The highest BCUT2D eigenvalue weighted by Crippen LogP contribution is 2.28. The Labute approximate surface area is 127 Å². The second-order valence-corrected chi connectivity index (χ2v) is 5.23. The first-order valence-electron chi connectivity index (χ1n) is 6.44. The van der Waals surface area contributed by atoms with Crippen LogP contribution in [0.15, 0.2) is 18.2 Å². The van der Waals surface area contributed by atoms with Gasteiger partial charge in [0, 0.05) is 18.4 Å². The Morgan fingerprint density at radius 3 is 2.90 bits per heavy atom. The number of carbonyl (C=O) groups excluding carboxylic acids is 1. The van der Waals surface area contributed by atoms with E-state index < -0.39 is 4.92 Å². The molecule has 0 atom stereocenters. The van der Waals surface area contributed by atoms with Gasteiger partial charge in [-0.25, -0.2) is 0 Å². The fourth-order valence-corrected chi connectivity index (χ4v) is 2.42. The zero-order chi connectivity index (χ0) is 15.7. The van der Waals surface area contributed by atoms with Crippen LogP contribution in [0.4, 0.5) is 5.69 Å². The number of rotatable bonds is 9. The van der Waals surface area contributed by atoms with Gasteiger partial charge in [0.1, 0.15) is 0 Å². The number of benzene rings is 1. The Morgan fingerprint density at radius 2 is 2.29 bits per heavy atom. The van der Waals surface area contributed by atoms with Crippen molar-refractivity contribution in [2.75, 3.05) is 26.0 Å². The summed E-state index contributed by atoms with van der Waals surface area (Å²) in [6, 6.07) is 4.79. The van der Waals surface area contributed by atoms with E-state index in [1.807, 2.05) is 0 Å². The van der Waals surface area contributed by atoms with E-state index in [2.05, 4.69) is 5.32 Å². The summed E-state index contributed by atoms with van der Waals surface area (Å²) in [5.74, 6) is 1.00. The molecule has 116 valence electrons. The molecule has 0 saturated carbocycles. The minimum atomic E-state index is -0.480. The SMILES string of the molecule is COc1ccc(CSCC(=O)NCCCN)cc1[N+](=O)[O-]. The number of thioether (sulfide) groups is 1. The maximum absolute atomic E-state index is 11.5. The zero-order valence-electron chi connectivity index (χ0n) is 11.8. The van der Waals surface area contributed by atoms with E-state index in [4.69, 9.17) is 10.5 Å². The number of ether oxygens (including phenoxy) is 1. The molecule has 0 aromatic heterocycles. The van der Waals surface area contributed by atoms with Gasteiger partial charge >= 0.3 is 5.69 Å². The van der Waals surface area contributed by atoms with Crippen LogP contribution < -0.4 is 15.8 Å². The van der Waals surface area contributed by atoms with Crippen LogP contribution in [-0.4, -0.2) is 36.8 Å². The molecule has 3 N–H and O–H groups in total. The summed E-state index contributed by atoms with van der Waals surface area (Å²) >= 11 is 1.40. The van der Waals surface area contributed by atoms with Crippen LogP contribution >= 0.6 is 11.8 Å². The molecule has 7 nitrogen and oxygen atoms in total. The van der Waals surface area contributed by atoms with Gasteiger partial charge in [-0.15, -0.1) is 11.8 Å². The molecule has 21 heavy (non-hydrogen) atoms. The molecule has 8 heteroatoms. The molecule has 0 unspecified atom stereocenters. The lowest BCUT2D eigenvalue weighted by Gasteiger charge is -2.06. The smallest absolute Gasteiger partial charge is 0.311 e. The largest absolute Gasteiger partial charge is 0.490 e. The first kappa shape index (κ1) is 17.3. The van der Waals surface area contributed by atoms with Crippen LogP contribution in [0.3, 0.4) is 0 Å². The second-order valence-electron chi connectivity index (χ2n) is 4.25. The summed E-state index contributed by atoms with van der Waals surface area (Å²) in [4.78, 5) is 21.9. The monoisotopic (exact) mass is 313 g/mol. The predicted molar refractivity (Wildman–Crippen MR) is 82.5 cm³/mol. The number of hydrogen-bond donors (Lipinski definition) is 2. The number of amides is 1. The van der Waals surface area contributed by atoms with Crippen molar-refractivity contribution in [3.8, 4) is 5.75 Å². The molecule has 1 aromatic carbocycles. The van der Waals surface area contributed by atoms with E-state index in [0.717, 1.165) is 12.0 Å². The number of hydrogen-bond acceptors (Lipinski definition) is 6. The number of nitrogens with two attached hydrogens (primary N) is 1. The van der Waals surface area contributed by atoms with Gasteiger partial charge in [0.2, 0.25) is 5.91 Å². The Bertz CT molecular complexity index is 496. The van der Waals surface area contributed by atoms with Gasteiger partial charge in [0.05, 0.1) is 17.8 Å². The number of nitrogens with zero attached hydrogens (tertiary/aromatic N) is 1. The lowest BCUT2D eigenvalue weighted by atomic mass is 10.2. The van der Waals surface area contributed by atoms with Gasteiger partial charge in [-0.1, -0.05) is 6.07 Å². The van der Waals surface area contributed by atoms with Crippen molar-refractivity contribution in [2.45, 2.75) is 12.2 Å². The van der Waals surface area contributed by atoms with Crippen LogP contribution in [0, 0.1) is 10.1 Å². The topological polar surface area (TPSA) is 107 Å². The molecule has 1 amide bonds. The van der Waals surface area contributed by atoms with Crippen molar-refractivity contribution in [1.82, 2.24) is 5.32 Å². The highest BCUT2D eigenvalue weighted by atomic mass is 32.2. The third-order valence-electron chi connectivity index (χ3n) is 2.64. The van der Waals surface area contributed by atoms with E-state index in [9.17, 15) is 14.9 Å². The number of nitro benzene ring substituents is 1. The number of carbonyl (C=O) groups is 1. The van der Waals surface area contributed by atoms with Crippen molar-refractivity contribution in [2.24, 2.45) is 5.73 Å². The zero-order valence-corrected chi connectivity index (χ0v) is 12.6. The minimum Gasteiger partial charge on any atom is -0.490 e. The Hall–Kier alpha value is -1.80. The highest BCUT2D eigenvalue weighted by Gasteiger charge is 2.15. The van der Waals surface area contributed by atoms with E-state index in [-0.39, 0.29) is 17.3 Å². The molecule has 0 aliphatic heterocycles. The van der Waals surface area contributed by atoms with Gasteiger partial charge in [-0.3, -0.25) is 14.9 Å². The summed E-state index contributed by atoms with van der Waals surface area (Å²) in [7, 11) is 1.39. The van der Waals surface area contributed by atoms with Gasteiger partial charge in [0.25, 0.3) is 0 Å². The van der Waals surface area contributed by atoms with E-state index in [0.29, 0.717) is 24.6 Å². The third-order valence-corrected chi connectivity index (χ3v) is 3.65. The molecule has 0 saturated heterocycles. The molecule has 0 aliphatic carbocycles. The Morgan fingerprint density at radius 1 is 1.52 bits per heavy atom. The third kappa shape index (κ3) is 6.01. The lowest BCUT2D eigenvalue weighted by molar-refractivity contribution is -0.385. The van der Waals surface area contributed by atoms with Crippen molar-refractivity contribution in [3.05, 3.63) is 33.9 Å². The van der Waals surface area contributed by atoms with Crippen LogP contribution in [0.1, 0.15) is 12.0 Å². The summed E-state index contributed by atoms with van der Waals surface area (Å²) in [5.41, 5.74) is 6.04. The van der Waals surface area contributed by atoms with E-state index in [1.165, 1.54) is 24.9 Å². The Balaban J connectivity index is 2.47. The number of methoxy groups -OCH3 is 1. The average molecular weight is 313 g/mol. The standard InChI is InChI=1S/C13H19N3O4S/c1-20-12-4-3-10(7-11(12)16(18)19)8-21-9-13(17)15-6-2-5-14/h3-4,7H,2,5-6,8-9,14H2,1H3,(H,15,17). The molecule has 0 spiro atoms. The molecule has 0 fully saturated rings. The molecule has 0 heterocycles. The molecule has 0 bridgehead atoms. The van der Waals surface area contributed by atoms with Gasteiger partial charge in [-0.05, 0) is 24.6 Å². The normalized spacial score (nSPS) is 10.2. The van der Waals surface area contributed by atoms with E-state index >= 15 is 0 Å². The molecule has 1 aromatic rings. The summed E-state index contributed by atoms with van der Waals surface area (Å²) in [6.07, 6.45) is 0.751. The van der Waals surface area contributed by atoms with Crippen LogP contribution in [-0.2, 0) is 10.5 Å². The minimum absolute atomic E-state index is 0.0588. The molecule has 0 radical (unpaired) electrons. The van der Waals surface area contributed by atoms with Crippen LogP contribution in [0.25, 0.3) is 0 Å². The molecule has 0 aliphatic rings. The fourth-order valence-electron chi connectivity index (χ4n) is 1.61. The molecular weight excluding hydrogens is 294 g/mol. The van der Waals surface area contributed by atoms with Crippen LogP contribution in [0.5, 0.6) is 5.75 Å². The van der Waals surface area contributed by atoms with E-state index in [1.54, 1.807) is 12.1 Å². The predicted octanol–water partition coefficient (Wildman–Crippen LogP) is 1.30. The summed E-state index contributed by atoms with van der Waals surface area (Å²) in [6.45, 7) is 1.12. The molecular formula is C13H19N3O4S. The second kappa shape index (κ2) is 9.19. The Kier molecular flexibility index (Phi) is 7.55. The van der Waals surface area contributed by atoms with Crippen molar-refractivity contribution < 1.29 is 14.5 Å². The number of nitrogens with one attached hydrogen (secondary N) is 1. The van der Waals surface area contributed by atoms with Crippen molar-refractivity contribution >= 4 is 23.4 Å². The number of nitro groups is 1. The quantitative estimate of drug-likeness (QED) is 0.404. The summed E-state index contributed by atoms with van der Waals surface area (Å²) < 4.78 is 4.94. The maximum Gasteiger partial charge on any atom is 0.311 e. The first-order valence-corrected chi connectivity index (χ1v) is 7.59. The van der Waals surface area contributed by atoms with Gasteiger partial charge in [-0.2, -0.15) is 0 Å². The lowest BCUT2D eigenvalue weighted by Crippen LogP contribution is -2.27. The maximum atomic E-state index is 11.5. The molecule has 1 rings (SSSR count). The van der Waals surface area contributed by atoms with Crippen LogP contribution in [0.2, 0.25) is 0 Å². The fraction of sp³-hybridized carbons (Fsp3) is 0.462. The summed E-state index contributed by atoms with van der Waals surface area (Å²) in [5, 5.41) is 13.7. The average Bonchev–Trinajstić information content (AvgIpc) is 2.47. The highest BCUT2D eigenvalue weighted by molar-refractivity contribution is 7.99. The van der Waals surface area contributed by atoms with Crippen molar-refractivity contribution in [1.29, 1.82) is 0 Å².